The molecule has 1 nitrogen and oxygen atoms in total. The third-order valence-electron chi connectivity index (χ3n) is 0.791. The van der Waals surface area contributed by atoms with E-state index >= 15 is 0 Å². The average Bonchev–Trinajstić information content (AvgIpc) is 1.21. The average molecular weight is 176 g/mol. The van der Waals surface area contributed by atoms with Gasteiger partial charge in [0.2, 0.25) is 0 Å². The molecule has 0 N–H and O–H groups in total. The summed E-state index contributed by atoms with van der Waals surface area (Å²) in [6.07, 6.45) is 0. The molecule has 0 aliphatic rings. The summed E-state index contributed by atoms with van der Waals surface area (Å²) in [4.78, 5) is 0. The van der Waals surface area contributed by atoms with E-state index in [-0.39, 0.29) is 15.7 Å². The van der Waals surface area contributed by atoms with Crippen molar-refractivity contribution in [1.29, 1.82) is 0 Å². The Hall–Kier alpha value is 0.503. The molecule has 0 saturated heterocycles. The molecule has 0 heterocycles. The molecule has 2 heteroatoms. The van der Waals surface area contributed by atoms with Gasteiger partial charge in [-0.15, -0.1) is 0 Å². The molecule has 0 aliphatic heterocycles. The Kier molecular flexibility index (Phi) is 3.06. The Morgan fingerprint density at radius 3 is 1.50 bits per heavy atom. The van der Waals surface area contributed by atoms with E-state index in [1.807, 2.05) is 0 Å². The first-order valence-electron chi connectivity index (χ1n) is 3.06. The van der Waals surface area contributed by atoms with Crippen LogP contribution in [0.25, 0.3) is 0 Å². The van der Waals surface area contributed by atoms with Gasteiger partial charge in [-0.05, 0) is 0 Å². The van der Waals surface area contributed by atoms with Crippen molar-refractivity contribution < 1.29 is 0 Å². The van der Waals surface area contributed by atoms with E-state index in [9.17, 15) is 0 Å². The summed E-state index contributed by atoms with van der Waals surface area (Å²) in [5.74, 6) is 0. The molecule has 0 amide bonds. The number of nitrogens with zero attached hydrogens (tertiary/aromatic N) is 1. The first kappa shape index (κ1) is 8.50. The van der Waals surface area contributed by atoms with Gasteiger partial charge in [-0.2, -0.15) is 0 Å². The summed E-state index contributed by atoms with van der Waals surface area (Å²) in [5.41, 5.74) is 0. The zero-order valence-electron chi connectivity index (χ0n) is 6.65. The molecule has 0 spiro atoms. The van der Waals surface area contributed by atoms with Crippen LogP contribution < -0.4 is 0 Å². The van der Waals surface area contributed by atoms with Gasteiger partial charge in [0.05, 0.1) is 0 Å². The van der Waals surface area contributed by atoms with Crippen LogP contribution in [0, 0.1) is 0 Å². The molecular formula is C6H17GeN. The van der Waals surface area contributed by atoms with Crippen LogP contribution in [0.5, 0.6) is 0 Å². The van der Waals surface area contributed by atoms with E-state index in [4.69, 9.17) is 0 Å². The van der Waals surface area contributed by atoms with Crippen LogP contribution in [0.3, 0.4) is 0 Å². The predicted molar refractivity (Wildman–Crippen MR) is 41.9 cm³/mol. The van der Waals surface area contributed by atoms with Crippen molar-refractivity contribution in [3.8, 4) is 0 Å². The van der Waals surface area contributed by atoms with Crippen molar-refractivity contribution in [3.63, 3.8) is 0 Å². The molecule has 0 unspecified atom stereocenters. The molecule has 0 atom stereocenters. The summed E-state index contributed by atoms with van der Waals surface area (Å²) in [5, 5.41) is 0. The van der Waals surface area contributed by atoms with Gasteiger partial charge in [0, 0.05) is 0 Å². The summed E-state index contributed by atoms with van der Waals surface area (Å²) in [7, 11) is 4.37. The van der Waals surface area contributed by atoms with Gasteiger partial charge in [-0.1, -0.05) is 0 Å². The monoisotopic (exact) mass is 177 g/mol. The van der Waals surface area contributed by atoms with Crippen LogP contribution in [0.2, 0.25) is 4.25 Å². The van der Waals surface area contributed by atoms with Gasteiger partial charge in [0.15, 0.2) is 0 Å². The maximum absolute atomic E-state index is 2.40. The molecule has 0 fully saturated rings. The van der Waals surface area contributed by atoms with Crippen molar-refractivity contribution in [2.45, 2.75) is 25.0 Å². The van der Waals surface area contributed by atoms with Gasteiger partial charge in [-0.3, -0.25) is 0 Å². The van der Waals surface area contributed by atoms with Crippen molar-refractivity contribution in [1.82, 2.24) is 3.86 Å². The fourth-order valence-corrected chi connectivity index (χ4v) is 4.93. The van der Waals surface area contributed by atoms with Crippen molar-refractivity contribution in [2.24, 2.45) is 0 Å². The Morgan fingerprint density at radius 1 is 1.12 bits per heavy atom. The number of hydrogen-bond donors (Lipinski definition) is 0. The van der Waals surface area contributed by atoms with E-state index in [1.54, 1.807) is 0 Å². The second-order valence-corrected chi connectivity index (χ2v) is 11.6. The summed E-state index contributed by atoms with van der Waals surface area (Å²) in [6, 6.07) is 0. The third kappa shape index (κ3) is 6.50. The van der Waals surface area contributed by atoms with E-state index in [0.29, 0.717) is 4.25 Å². The first-order chi connectivity index (χ1) is 3.42. The second-order valence-electron chi connectivity index (χ2n) is 3.80. The van der Waals surface area contributed by atoms with Gasteiger partial charge >= 0.3 is 58.6 Å². The van der Waals surface area contributed by atoms with Crippen molar-refractivity contribution in [2.75, 3.05) is 14.1 Å². The molecule has 0 aliphatic carbocycles. The Balaban J connectivity index is 3.39. The third-order valence-corrected chi connectivity index (χ3v) is 4.11. The molecular weight excluding hydrogens is 159 g/mol. The topological polar surface area (TPSA) is 3.24 Å². The fraction of sp³-hybridized carbons (Fsp3) is 1.00. The Labute approximate surface area is 59.1 Å². The Bertz CT molecular complexity index is 63.4. The quantitative estimate of drug-likeness (QED) is 0.535. The van der Waals surface area contributed by atoms with E-state index in [1.165, 1.54) is 0 Å². The molecule has 0 saturated carbocycles. The molecule has 0 rings (SSSR count). The standard InChI is InChI=1S/C6H17GeN/c1-6(2,3)7-8(4)5/h7H2,1-5H3. The first-order valence-corrected chi connectivity index (χ1v) is 5.87. The minimum atomic E-state index is -0.382. The zero-order chi connectivity index (χ0) is 6.78. The van der Waals surface area contributed by atoms with Crippen LogP contribution >= 0.6 is 0 Å². The van der Waals surface area contributed by atoms with Crippen LogP contribution in [0.4, 0.5) is 0 Å². The SMILES string of the molecule is C[N](C)[GeH2][C](C)(C)C. The molecule has 0 aromatic carbocycles. The number of rotatable bonds is 1. The fourth-order valence-electron chi connectivity index (χ4n) is 0.949. The van der Waals surface area contributed by atoms with Crippen molar-refractivity contribution in [3.05, 3.63) is 0 Å². The Morgan fingerprint density at radius 2 is 1.50 bits per heavy atom. The van der Waals surface area contributed by atoms with Gasteiger partial charge < -0.3 is 0 Å². The molecule has 0 radical (unpaired) electrons. The van der Waals surface area contributed by atoms with Crippen LogP contribution in [0.1, 0.15) is 20.8 Å². The number of hydrogen-bond acceptors (Lipinski definition) is 1. The van der Waals surface area contributed by atoms with Crippen LogP contribution in [0.15, 0.2) is 0 Å². The molecule has 0 aromatic heterocycles. The van der Waals surface area contributed by atoms with Crippen LogP contribution in [-0.4, -0.2) is 33.6 Å². The minimum absolute atomic E-state index is 0.382. The van der Waals surface area contributed by atoms with E-state index in [2.05, 4.69) is 38.7 Å². The molecule has 8 heavy (non-hydrogen) atoms. The zero-order valence-corrected chi connectivity index (χ0v) is 9.62. The predicted octanol–water partition coefficient (Wildman–Crippen LogP) is 0.850. The summed E-state index contributed by atoms with van der Waals surface area (Å²) >= 11 is -0.382. The van der Waals surface area contributed by atoms with Gasteiger partial charge in [0.25, 0.3) is 0 Å². The van der Waals surface area contributed by atoms with Gasteiger partial charge in [0.1, 0.15) is 0 Å². The van der Waals surface area contributed by atoms with Crippen molar-refractivity contribution >= 4 is 15.7 Å². The normalized spacial score (nSPS) is 14.2. The molecule has 0 aromatic rings. The second kappa shape index (κ2) is 2.88. The summed E-state index contributed by atoms with van der Waals surface area (Å²) in [6.45, 7) is 6.98. The molecule has 50 valence electrons. The van der Waals surface area contributed by atoms with E-state index < -0.39 is 0 Å². The summed E-state index contributed by atoms with van der Waals surface area (Å²) < 4.78 is 3.03. The van der Waals surface area contributed by atoms with Gasteiger partial charge in [-0.25, -0.2) is 0 Å². The van der Waals surface area contributed by atoms with E-state index in [0.717, 1.165) is 0 Å². The molecule has 0 bridgehead atoms. The maximum atomic E-state index is 2.40. The van der Waals surface area contributed by atoms with Crippen LogP contribution in [-0.2, 0) is 0 Å².